The molecule has 0 radical (unpaired) electrons. The van der Waals surface area contributed by atoms with Crippen LogP contribution in [0.3, 0.4) is 0 Å². The van der Waals surface area contributed by atoms with Crippen molar-refractivity contribution in [2.75, 3.05) is 32.8 Å². The van der Waals surface area contributed by atoms with Gasteiger partial charge in [0, 0.05) is 19.1 Å². The Morgan fingerprint density at radius 1 is 1.39 bits per heavy atom. The van der Waals surface area contributed by atoms with Crippen molar-refractivity contribution in [2.45, 2.75) is 26.3 Å². The van der Waals surface area contributed by atoms with Gasteiger partial charge in [-0.05, 0) is 25.1 Å². The Labute approximate surface area is 108 Å². The lowest BCUT2D eigenvalue weighted by molar-refractivity contribution is -0.120. The number of hydrogen-bond donors (Lipinski definition) is 5. The molecule has 1 amide bonds. The molecule has 0 aliphatic rings. The molecule has 0 aromatic carbocycles. The molecule has 106 valence electrons. The van der Waals surface area contributed by atoms with E-state index in [0.29, 0.717) is 13.1 Å². The molecule has 0 rings (SSSR count). The van der Waals surface area contributed by atoms with Gasteiger partial charge in [-0.3, -0.25) is 4.79 Å². The molecule has 0 unspecified atom stereocenters. The first-order valence-electron chi connectivity index (χ1n) is 6.24. The maximum absolute atomic E-state index is 11.6. The predicted molar refractivity (Wildman–Crippen MR) is 71.0 cm³/mol. The van der Waals surface area contributed by atoms with Gasteiger partial charge < -0.3 is 26.2 Å². The van der Waals surface area contributed by atoms with E-state index in [0.717, 1.165) is 12.0 Å². The van der Waals surface area contributed by atoms with Crippen molar-refractivity contribution in [3.05, 3.63) is 11.8 Å². The monoisotopic (exact) mass is 259 g/mol. The summed E-state index contributed by atoms with van der Waals surface area (Å²) < 4.78 is 0. The van der Waals surface area contributed by atoms with Gasteiger partial charge in [-0.2, -0.15) is 0 Å². The summed E-state index contributed by atoms with van der Waals surface area (Å²) in [7, 11) is 0. The second-order valence-corrected chi connectivity index (χ2v) is 4.13. The van der Waals surface area contributed by atoms with Crippen molar-refractivity contribution < 1.29 is 15.0 Å². The van der Waals surface area contributed by atoms with Crippen LogP contribution < -0.4 is 16.0 Å². The summed E-state index contributed by atoms with van der Waals surface area (Å²) in [6, 6.07) is 0.0637. The molecule has 0 heterocycles. The number of amides is 1. The van der Waals surface area contributed by atoms with Crippen LogP contribution in [0.15, 0.2) is 11.8 Å². The van der Waals surface area contributed by atoms with Crippen molar-refractivity contribution in [3.63, 3.8) is 0 Å². The lowest BCUT2D eigenvalue weighted by Gasteiger charge is -2.17. The van der Waals surface area contributed by atoms with Gasteiger partial charge in [0.15, 0.2) is 0 Å². The van der Waals surface area contributed by atoms with Crippen LogP contribution in [-0.2, 0) is 4.79 Å². The van der Waals surface area contributed by atoms with Crippen LogP contribution in [0, 0.1) is 0 Å². The molecule has 0 fully saturated rings. The normalized spacial score (nSPS) is 13.2. The SMILES string of the molecule is CC[C@@H](CNCCO)NC(=O)CN/C=C(\C)CO. The number of hydrogen-bond acceptors (Lipinski definition) is 5. The van der Waals surface area contributed by atoms with Gasteiger partial charge in [-0.15, -0.1) is 0 Å². The highest BCUT2D eigenvalue weighted by atomic mass is 16.3. The van der Waals surface area contributed by atoms with Gasteiger partial charge in [0.25, 0.3) is 0 Å². The van der Waals surface area contributed by atoms with E-state index < -0.39 is 0 Å². The Kier molecular flexibility index (Phi) is 10.3. The first-order chi connectivity index (χ1) is 8.63. The summed E-state index contributed by atoms with van der Waals surface area (Å²) in [5, 5.41) is 26.2. The van der Waals surface area contributed by atoms with Crippen LogP contribution in [-0.4, -0.2) is 55.0 Å². The maximum atomic E-state index is 11.6. The van der Waals surface area contributed by atoms with Gasteiger partial charge >= 0.3 is 0 Å². The van der Waals surface area contributed by atoms with Crippen LogP contribution in [0.2, 0.25) is 0 Å². The van der Waals surface area contributed by atoms with Crippen molar-refractivity contribution >= 4 is 5.91 Å². The summed E-state index contributed by atoms with van der Waals surface area (Å²) in [6.07, 6.45) is 2.46. The number of nitrogens with one attached hydrogen (secondary N) is 3. The molecule has 0 aliphatic carbocycles. The number of aliphatic hydroxyl groups is 2. The molecular formula is C12H25N3O3. The average Bonchev–Trinajstić information content (AvgIpc) is 2.37. The van der Waals surface area contributed by atoms with Gasteiger partial charge in [0.1, 0.15) is 0 Å². The minimum atomic E-state index is -0.0883. The molecule has 0 saturated heterocycles. The van der Waals surface area contributed by atoms with Crippen LogP contribution >= 0.6 is 0 Å². The maximum Gasteiger partial charge on any atom is 0.239 e. The molecule has 0 saturated carbocycles. The molecule has 0 aromatic heterocycles. The molecule has 6 heteroatoms. The van der Waals surface area contributed by atoms with Gasteiger partial charge in [0.05, 0.1) is 19.8 Å². The summed E-state index contributed by atoms with van der Waals surface area (Å²) in [6.45, 7) is 5.22. The lowest BCUT2D eigenvalue weighted by atomic mass is 10.2. The van der Waals surface area contributed by atoms with Crippen LogP contribution in [0.1, 0.15) is 20.3 Å². The topological polar surface area (TPSA) is 93.6 Å². The average molecular weight is 259 g/mol. The highest BCUT2D eigenvalue weighted by Crippen LogP contribution is 1.89. The number of carbonyl (C=O) groups is 1. The van der Waals surface area contributed by atoms with E-state index in [9.17, 15) is 4.79 Å². The van der Waals surface area contributed by atoms with E-state index >= 15 is 0 Å². The van der Waals surface area contributed by atoms with E-state index in [2.05, 4.69) is 16.0 Å². The van der Waals surface area contributed by atoms with Crippen molar-refractivity contribution in [2.24, 2.45) is 0 Å². The van der Waals surface area contributed by atoms with E-state index in [-0.39, 0.29) is 31.7 Å². The largest absolute Gasteiger partial charge is 0.395 e. The Bertz CT molecular complexity index is 257. The number of aliphatic hydroxyl groups excluding tert-OH is 2. The summed E-state index contributed by atoms with van der Waals surface area (Å²) in [5.74, 6) is -0.0883. The first-order valence-corrected chi connectivity index (χ1v) is 6.24. The molecule has 0 spiro atoms. The van der Waals surface area contributed by atoms with Gasteiger partial charge in [0.2, 0.25) is 5.91 Å². The number of carbonyl (C=O) groups excluding carboxylic acids is 1. The van der Waals surface area contributed by atoms with E-state index in [1.165, 1.54) is 0 Å². The fourth-order valence-electron chi connectivity index (χ4n) is 1.30. The Morgan fingerprint density at radius 2 is 2.11 bits per heavy atom. The zero-order valence-electron chi connectivity index (χ0n) is 11.2. The molecule has 1 atom stereocenters. The minimum Gasteiger partial charge on any atom is -0.395 e. The summed E-state index contributed by atoms with van der Waals surface area (Å²) in [4.78, 5) is 11.6. The minimum absolute atomic E-state index is 0.0166. The third kappa shape index (κ3) is 8.98. The van der Waals surface area contributed by atoms with Crippen LogP contribution in [0.25, 0.3) is 0 Å². The van der Waals surface area contributed by atoms with Crippen molar-refractivity contribution in [1.82, 2.24) is 16.0 Å². The zero-order valence-corrected chi connectivity index (χ0v) is 11.2. The van der Waals surface area contributed by atoms with Gasteiger partial charge in [-0.25, -0.2) is 0 Å². The lowest BCUT2D eigenvalue weighted by Crippen LogP contribution is -2.44. The fourth-order valence-corrected chi connectivity index (χ4v) is 1.30. The van der Waals surface area contributed by atoms with E-state index in [4.69, 9.17) is 10.2 Å². The van der Waals surface area contributed by atoms with Gasteiger partial charge in [-0.1, -0.05) is 6.92 Å². The third-order valence-corrected chi connectivity index (χ3v) is 2.40. The van der Waals surface area contributed by atoms with Crippen LogP contribution in [0.5, 0.6) is 0 Å². The molecule has 5 N–H and O–H groups in total. The van der Waals surface area contributed by atoms with Crippen LogP contribution in [0.4, 0.5) is 0 Å². The molecule has 0 bridgehead atoms. The Hall–Kier alpha value is -1.11. The standard InChI is InChI=1S/C12H25N3O3/c1-3-11(7-13-4-5-16)15-12(18)8-14-6-10(2)9-17/h6,11,13-14,16-17H,3-5,7-9H2,1-2H3,(H,15,18)/b10-6+/t11-/m0/s1. The van der Waals surface area contributed by atoms with Crippen molar-refractivity contribution in [1.29, 1.82) is 0 Å². The quantitative estimate of drug-likeness (QED) is 0.323. The second kappa shape index (κ2) is 11.0. The first kappa shape index (κ1) is 16.9. The third-order valence-electron chi connectivity index (χ3n) is 2.40. The highest BCUT2D eigenvalue weighted by Gasteiger charge is 2.08. The predicted octanol–water partition coefficient (Wildman–Crippen LogP) is -1.05. The Balaban J connectivity index is 3.82. The smallest absolute Gasteiger partial charge is 0.239 e. The second-order valence-electron chi connectivity index (χ2n) is 4.13. The number of rotatable bonds is 10. The Morgan fingerprint density at radius 3 is 2.67 bits per heavy atom. The summed E-state index contributed by atoms with van der Waals surface area (Å²) in [5.41, 5.74) is 0.777. The zero-order chi connectivity index (χ0) is 13.8. The molecule has 18 heavy (non-hydrogen) atoms. The molecule has 6 nitrogen and oxygen atoms in total. The summed E-state index contributed by atoms with van der Waals surface area (Å²) >= 11 is 0. The molecule has 0 aliphatic heterocycles. The highest BCUT2D eigenvalue weighted by molar-refractivity contribution is 5.78. The molecule has 0 aromatic rings. The fraction of sp³-hybridized carbons (Fsp3) is 0.750. The van der Waals surface area contributed by atoms with E-state index in [1.54, 1.807) is 13.1 Å². The molecular weight excluding hydrogens is 234 g/mol. The van der Waals surface area contributed by atoms with E-state index in [1.807, 2.05) is 6.92 Å². The van der Waals surface area contributed by atoms with Crippen molar-refractivity contribution in [3.8, 4) is 0 Å².